The maximum Gasteiger partial charge on any atom is 0.257 e. The van der Waals surface area contributed by atoms with Crippen LogP contribution < -0.4 is 10.1 Å². The SMILES string of the molecule is [B]c1cnc(NC(=O)c2cccc(-c3cc(C(C)(C)S(C)(=O)=O)cc4cccnc34)c2)s1. The summed E-state index contributed by atoms with van der Waals surface area (Å²) in [7, 11) is 2.30. The number of pyridine rings is 1. The van der Waals surface area contributed by atoms with E-state index in [0.717, 1.165) is 22.0 Å². The number of carbonyl (C=O) groups is 1. The van der Waals surface area contributed by atoms with Crippen LogP contribution in [0.4, 0.5) is 5.13 Å². The van der Waals surface area contributed by atoms with Crippen molar-refractivity contribution in [3.8, 4) is 11.1 Å². The second kappa shape index (κ2) is 8.14. The van der Waals surface area contributed by atoms with E-state index in [2.05, 4.69) is 15.3 Å². The van der Waals surface area contributed by atoms with Crippen LogP contribution in [0.1, 0.15) is 29.8 Å². The molecule has 9 heteroatoms. The van der Waals surface area contributed by atoms with Gasteiger partial charge in [-0.1, -0.05) is 18.2 Å². The number of hydrogen-bond acceptors (Lipinski definition) is 6. The number of anilines is 1. The van der Waals surface area contributed by atoms with Crippen molar-refractivity contribution in [1.29, 1.82) is 0 Å². The molecule has 2 heterocycles. The quantitative estimate of drug-likeness (QED) is 0.458. The van der Waals surface area contributed by atoms with Crippen LogP contribution in [0.25, 0.3) is 22.0 Å². The molecule has 0 aliphatic rings. The monoisotopic (exact) mass is 461 g/mol. The van der Waals surface area contributed by atoms with Gasteiger partial charge in [-0.2, -0.15) is 0 Å². The Bertz CT molecular complexity index is 1450. The molecule has 4 rings (SSSR count). The Kier molecular flexibility index (Phi) is 5.64. The number of amides is 1. The highest BCUT2D eigenvalue weighted by atomic mass is 32.2. The van der Waals surface area contributed by atoms with E-state index in [1.807, 2.05) is 30.3 Å². The van der Waals surface area contributed by atoms with E-state index in [9.17, 15) is 13.2 Å². The smallest absolute Gasteiger partial charge is 0.257 e. The predicted molar refractivity (Wildman–Crippen MR) is 131 cm³/mol. The number of rotatable bonds is 5. The van der Waals surface area contributed by atoms with Gasteiger partial charge in [0, 0.05) is 35.2 Å². The normalized spacial score (nSPS) is 12.1. The average Bonchev–Trinajstić information content (AvgIpc) is 3.16. The molecule has 32 heavy (non-hydrogen) atoms. The zero-order chi connectivity index (χ0) is 23.1. The topological polar surface area (TPSA) is 89.0 Å². The van der Waals surface area contributed by atoms with Gasteiger partial charge in [0.15, 0.2) is 15.0 Å². The van der Waals surface area contributed by atoms with Gasteiger partial charge >= 0.3 is 0 Å². The molecule has 0 unspecified atom stereocenters. The minimum Gasteiger partial charge on any atom is -0.298 e. The van der Waals surface area contributed by atoms with Crippen LogP contribution in [0.5, 0.6) is 0 Å². The Balaban J connectivity index is 1.83. The summed E-state index contributed by atoms with van der Waals surface area (Å²) in [6.45, 7) is 3.38. The molecule has 0 fully saturated rings. The number of sulfone groups is 1. The number of hydrogen-bond donors (Lipinski definition) is 1. The Morgan fingerprint density at radius 3 is 2.56 bits per heavy atom. The third-order valence-electron chi connectivity index (χ3n) is 5.51. The summed E-state index contributed by atoms with van der Waals surface area (Å²) >= 11 is 1.19. The van der Waals surface area contributed by atoms with Gasteiger partial charge in [0.05, 0.1) is 10.3 Å². The Labute approximate surface area is 192 Å². The number of carbonyl (C=O) groups excluding carboxylic acids is 1. The molecule has 0 spiro atoms. The summed E-state index contributed by atoms with van der Waals surface area (Å²) in [5.74, 6) is -0.314. The van der Waals surface area contributed by atoms with E-state index in [0.29, 0.717) is 21.0 Å². The molecule has 0 saturated carbocycles. The molecule has 2 aromatic heterocycles. The fourth-order valence-corrected chi connectivity index (χ4v) is 4.44. The molecule has 4 aromatic rings. The van der Waals surface area contributed by atoms with Crippen LogP contribution in [0.2, 0.25) is 0 Å². The molecule has 0 aliphatic heterocycles. The van der Waals surface area contributed by atoms with Gasteiger partial charge in [0.25, 0.3) is 5.91 Å². The molecule has 160 valence electrons. The van der Waals surface area contributed by atoms with Crippen molar-refractivity contribution in [2.45, 2.75) is 18.6 Å². The van der Waals surface area contributed by atoms with Crippen LogP contribution in [-0.2, 0) is 14.6 Å². The number of nitrogens with one attached hydrogen (secondary N) is 1. The van der Waals surface area contributed by atoms with E-state index < -0.39 is 14.6 Å². The molecule has 6 nitrogen and oxygen atoms in total. The van der Waals surface area contributed by atoms with Crippen molar-refractivity contribution in [3.63, 3.8) is 0 Å². The second-order valence-corrected chi connectivity index (χ2v) is 11.6. The van der Waals surface area contributed by atoms with Gasteiger partial charge in [0.2, 0.25) is 0 Å². The Morgan fingerprint density at radius 1 is 1.09 bits per heavy atom. The minimum absolute atomic E-state index is 0.314. The third kappa shape index (κ3) is 4.18. The van der Waals surface area contributed by atoms with E-state index in [4.69, 9.17) is 7.85 Å². The average molecular weight is 461 g/mol. The first-order valence-electron chi connectivity index (χ1n) is 9.78. The highest BCUT2D eigenvalue weighted by Crippen LogP contribution is 2.36. The third-order valence-corrected chi connectivity index (χ3v) is 8.34. The lowest BCUT2D eigenvalue weighted by Gasteiger charge is -2.24. The zero-order valence-corrected chi connectivity index (χ0v) is 19.4. The van der Waals surface area contributed by atoms with Crippen molar-refractivity contribution in [1.82, 2.24) is 9.97 Å². The number of fused-ring (bicyclic) bond motifs is 1. The lowest BCUT2D eigenvalue weighted by molar-refractivity contribution is 0.102. The van der Waals surface area contributed by atoms with Gasteiger partial charge < -0.3 is 0 Å². The highest BCUT2D eigenvalue weighted by Gasteiger charge is 2.33. The van der Waals surface area contributed by atoms with Gasteiger partial charge in [0.1, 0.15) is 7.85 Å². The summed E-state index contributed by atoms with van der Waals surface area (Å²) in [4.78, 5) is 21.3. The molecular weight excluding hydrogens is 441 g/mol. The van der Waals surface area contributed by atoms with E-state index in [1.54, 1.807) is 38.2 Å². The molecule has 2 aromatic carbocycles. The maximum atomic E-state index is 12.7. The minimum atomic E-state index is -3.38. The van der Waals surface area contributed by atoms with Crippen molar-refractivity contribution in [2.75, 3.05) is 11.6 Å². The van der Waals surface area contributed by atoms with E-state index in [1.165, 1.54) is 23.8 Å². The number of thiazole rings is 1. The first kappa shape index (κ1) is 22.2. The standard InChI is InChI=1S/C23H20BN3O3S2/c1-23(2,32(3,29)30)17-11-15-8-5-9-25-20(15)18(12-17)14-6-4-7-16(10-14)21(28)27-22-26-13-19(24)31-22/h4-13H,1-3H3,(H,26,27,28). The first-order valence-corrected chi connectivity index (χ1v) is 12.5. The lowest BCUT2D eigenvalue weighted by Crippen LogP contribution is -2.28. The van der Waals surface area contributed by atoms with E-state index in [-0.39, 0.29) is 5.91 Å². The first-order chi connectivity index (χ1) is 15.1. The summed E-state index contributed by atoms with van der Waals surface area (Å²) in [5, 5.41) is 3.99. The fraction of sp³-hybridized carbons (Fsp3) is 0.174. The van der Waals surface area contributed by atoms with Gasteiger partial charge in [-0.15, -0.1) is 11.3 Å². The Hall–Kier alpha value is -3.04. The van der Waals surface area contributed by atoms with Crippen molar-refractivity contribution in [3.05, 3.63) is 72.1 Å². The molecule has 0 aliphatic carbocycles. The van der Waals surface area contributed by atoms with Gasteiger partial charge in [-0.3, -0.25) is 15.1 Å². The summed E-state index contributed by atoms with van der Waals surface area (Å²) in [6.07, 6.45) is 4.41. The van der Waals surface area contributed by atoms with Crippen molar-refractivity contribution < 1.29 is 13.2 Å². The number of nitrogens with zero attached hydrogens (tertiary/aromatic N) is 2. The van der Waals surface area contributed by atoms with E-state index >= 15 is 0 Å². The summed E-state index contributed by atoms with van der Waals surface area (Å²) in [5.41, 5.74) is 3.33. The summed E-state index contributed by atoms with van der Waals surface area (Å²) in [6, 6.07) is 14.5. The fourth-order valence-electron chi connectivity index (χ4n) is 3.32. The van der Waals surface area contributed by atoms with Crippen LogP contribution >= 0.6 is 11.3 Å². The van der Waals surface area contributed by atoms with Crippen LogP contribution in [0.3, 0.4) is 0 Å². The van der Waals surface area contributed by atoms with Crippen LogP contribution in [0, 0.1) is 0 Å². The van der Waals surface area contributed by atoms with Crippen molar-refractivity contribution >= 4 is 55.7 Å². The predicted octanol–water partition coefficient (Wildman–Crippen LogP) is 3.68. The molecule has 2 radical (unpaired) electrons. The zero-order valence-electron chi connectivity index (χ0n) is 17.8. The van der Waals surface area contributed by atoms with Crippen LogP contribution in [-0.4, -0.2) is 38.4 Å². The number of aromatic nitrogens is 2. The largest absolute Gasteiger partial charge is 0.298 e. The molecule has 0 saturated heterocycles. The van der Waals surface area contributed by atoms with Crippen LogP contribution in [0.15, 0.2) is 60.9 Å². The molecule has 1 amide bonds. The van der Waals surface area contributed by atoms with Gasteiger partial charge in [-0.25, -0.2) is 13.4 Å². The number of benzene rings is 2. The van der Waals surface area contributed by atoms with Crippen molar-refractivity contribution in [2.24, 2.45) is 0 Å². The second-order valence-electron chi connectivity index (χ2n) is 7.98. The Morgan fingerprint density at radius 2 is 1.88 bits per heavy atom. The molecule has 0 bridgehead atoms. The highest BCUT2D eigenvalue weighted by molar-refractivity contribution is 7.91. The maximum absolute atomic E-state index is 12.7. The molecule has 1 N–H and O–H groups in total. The van der Waals surface area contributed by atoms with Gasteiger partial charge in [-0.05, 0) is 60.1 Å². The lowest BCUT2D eigenvalue weighted by atomic mass is 9.93. The molecular formula is C23H20BN3O3S2. The summed E-state index contributed by atoms with van der Waals surface area (Å²) < 4.78 is 24.4. The molecule has 0 atom stereocenters.